The number of hydrogen-bond donors (Lipinski definition) is 2. The summed E-state index contributed by atoms with van der Waals surface area (Å²) in [6, 6.07) is 13.1. The van der Waals surface area contributed by atoms with E-state index in [0.29, 0.717) is 35.5 Å². The number of ether oxygens (including phenoxy) is 5. The van der Waals surface area contributed by atoms with E-state index >= 15 is 0 Å². The monoisotopic (exact) mass is 568 g/mol. The zero-order chi connectivity index (χ0) is 29.4. The Hall–Kier alpha value is -3.73. The van der Waals surface area contributed by atoms with Crippen LogP contribution >= 0.6 is 0 Å². The van der Waals surface area contributed by atoms with Crippen LogP contribution in [-0.2, 0) is 19.0 Å². The molecule has 0 amide bonds. The SMILES string of the molecule is COc1ccc(C(=O)O[C@@H]2CC(O)O[C@H](CC(=O)CC3=CC[C@H](OC(=O)c4ccc(OC)cc4)C[C@@H](O)C3)C2)cc1. The maximum Gasteiger partial charge on any atom is 0.338 e. The Bertz CT molecular complexity index is 1220. The zero-order valence-corrected chi connectivity index (χ0v) is 23.2. The van der Waals surface area contributed by atoms with E-state index in [1.54, 1.807) is 55.6 Å². The fraction of sp³-hybridized carbons (Fsp3) is 0.452. The first-order valence-corrected chi connectivity index (χ1v) is 13.6. The van der Waals surface area contributed by atoms with Crippen LogP contribution in [0.15, 0.2) is 60.2 Å². The number of aliphatic hydroxyl groups is 2. The summed E-state index contributed by atoms with van der Waals surface area (Å²) in [5.41, 5.74) is 1.49. The molecule has 10 nitrogen and oxygen atoms in total. The summed E-state index contributed by atoms with van der Waals surface area (Å²) in [7, 11) is 3.07. The molecular formula is C31H36O10. The van der Waals surface area contributed by atoms with Crippen LogP contribution in [-0.4, -0.2) is 72.9 Å². The third-order valence-corrected chi connectivity index (χ3v) is 7.12. The average molecular weight is 569 g/mol. The van der Waals surface area contributed by atoms with Crippen LogP contribution in [0.25, 0.3) is 0 Å². The van der Waals surface area contributed by atoms with Gasteiger partial charge in [0.2, 0.25) is 0 Å². The van der Waals surface area contributed by atoms with Gasteiger partial charge < -0.3 is 33.9 Å². The molecule has 5 atom stereocenters. The largest absolute Gasteiger partial charge is 0.497 e. The lowest BCUT2D eigenvalue weighted by Gasteiger charge is -2.32. The van der Waals surface area contributed by atoms with Crippen molar-refractivity contribution in [2.45, 2.75) is 75.7 Å². The summed E-state index contributed by atoms with van der Waals surface area (Å²) < 4.78 is 26.9. The van der Waals surface area contributed by atoms with Gasteiger partial charge in [-0.2, -0.15) is 0 Å². The lowest BCUT2D eigenvalue weighted by atomic mass is 9.96. The second kappa shape index (κ2) is 14.2. The molecule has 1 aliphatic carbocycles. The molecule has 2 N–H and O–H groups in total. The van der Waals surface area contributed by atoms with Crippen LogP contribution in [0.3, 0.4) is 0 Å². The summed E-state index contributed by atoms with van der Waals surface area (Å²) >= 11 is 0. The third-order valence-electron chi connectivity index (χ3n) is 7.12. The molecule has 1 unspecified atom stereocenters. The Labute approximate surface area is 238 Å². The lowest BCUT2D eigenvalue weighted by molar-refractivity contribution is -0.190. The lowest BCUT2D eigenvalue weighted by Crippen LogP contribution is -2.39. The molecule has 1 saturated heterocycles. The Balaban J connectivity index is 1.27. The maximum absolute atomic E-state index is 12.9. The molecule has 1 heterocycles. The van der Waals surface area contributed by atoms with E-state index in [-0.39, 0.29) is 37.9 Å². The Kier molecular flexibility index (Phi) is 10.5. The van der Waals surface area contributed by atoms with Crippen molar-refractivity contribution < 1.29 is 48.3 Å². The van der Waals surface area contributed by atoms with E-state index in [2.05, 4.69) is 0 Å². The van der Waals surface area contributed by atoms with Gasteiger partial charge in [0.25, 0.3) is 0 Å². The van der Waals surface area contributed by atoms with Gasteiger partial charge in [0.15, 0.2) is 6.29 Å². The molecule has 0 aromatic heterocycles. The van der Waals surface area contributed by atoms with Crippen molar-refractivity contribution in [1.29, 1.82) is 0 Å². The fourth-order valence-electron chi connectivity index (χ4n) is 5.06. The quantitative estimate of drug-likeness (QED) is 0.322. The van der Waals surface area contributed by atoms with Gasteiger partial charge in [-0.15, -0.1) is 0 Å². The van der Waals surface area contributed by atoms with Gasteiger partial charge in [0.05, 0.1) is 37.6 Å². The molecule has 1 aliphatic heterocycles. The topological polar surface area (TPSA) is 138 Å². The van der Waals surface area contributed by atoms with Crippen LogP contribution in [0.5, 0.6) is 11.5 Å². The first-order valence-electron chi connectivity index (χ1n) is 13.6. The highest BCUT2D eigenvalue weighted by Gasteiger charge is 2.33. The molecule has 0 spiro atoms. The number of carbonyl (C=O) groups is 3. The number of ketones is 1. The first kappa shape index (κ1) is 30.2. The van der Waals surface area contributed by atoms with Gasteiger partial charge in [-0.25, -0.2) is 9.59 Å². The minimum absolute atomic E-state index is 0.0248. The van der Waals surface area contributed by atoms with Gasteiger partial charge in [0.1, 0.15) is 29.5 Å². The van der Waals surface area contributed by atoms with Crippen molar-refractivity contribution >= 4 is 17.7 Å². The summed E-state index contributed by atoms with van der Waals surface area (Å²) in [6.45, 7) is 0. The summed E-state index contributed by atoms with van der Waals surface area (Å²) in [5.74, 6) is 0.0890. The molecule has 220 valence electrons. The molecule has 0 radical (unpaired) electrons. The van der Waals surface area contributed by atoms with E-state index < -0.39 is 42.6 Å². The van der Waals surface area contributed by atoms with E-state index in [4.69, 9.17) is 23.7 Å². The number of Topliss-reactive ketones (excluding diaryl/α,β-unsaturated/α-hetero) is 1. The molecular weight excluding hydrogens is 532 g/mol. The zero-order valence-electron chi connectivity index (χ0n) is 23.2. The summed E-state index contributed by atoms with van der Waals surface area (Å²) in [4.78, 5) is 38.0. The number of methoxy groups -OCH3 is 2. The second-order valence-corrected chi connectivity index (χ2v) is 10.3. The maximum atomic E-state index is 12.9. The van der Waals surface area contributed by atoms with Crippen LogP contribution < -0.4 is 9.47 Å². The molecule has 2 aromatic carbocycles. The van der Waals surface area contributed by atoms with Crippen molar-refractivity contribution in [3.8, 4) is 11.5 Å². The molecule has 0 saturated carbocycles. The second-order valence-electron chi connectivity index (χ2n) is 10.3. The smallest absolute Gasteiger partial charge is 0.338 e. The standard InChI is InChI=1S/C31H36O10/c1-37-24-9-4-20(5-10-24)30(35)40-26-8-3-19(13-22(32)15-26)14-23(33)16-27-17-28(18-29(34)39-27)41-31(36)21-6-11-25(38-2)12-7-21/h3-7,9-12,22,26-29,32,34H,8,13-18H2,1-2H3/t22-,26-,27+,28-,29?/m0/s1. The van der Waals surface area contributed by atoms with Crippen LogP contribution in [0.1, 0.15) is 65.7 Å². The fourth-order valence-corrected chi connectivity index (χ4v) is 5.06. The van der Waals surface area contributed by atoms with Crippen molar-refractivity contribution in [1.82, 2.24) is 0 Å². The van der Waals surface area contributed by atoms with Crippen LogP contribution in [0.4, 0.5) is 0 Å². The minimum atomic E-state index is -1.16. The van der Waals surface area contributed by atoms with Crippen molar-refractivity contribution in [3.63, 3.8) is 0 Å². The van der Waals surface area contributed by atoms with Crippen molar-refractivity contribution in [2.75, 3.05) is 14.2 Å². The number of hydrogen-bond acceptors (Lipinski definition) is 10. The molecule has 10 heteroatoms. The number of benzene rings is 2. The predicted molar refractivity (Wildman–Crippen MR) is 147 cm³/mol. The molecule has 1 fully saturated rings. The Morgan fingerprint density at radius 1 is 0.805 bits per heavy atom. The number of rotatable bonds is 10. The highest BCUT2D eigenvalue weighted by molar-refractivity contribution is 5.90. The molecule has 4 rings (SSSR count). The number of aliphatic hydroxyl groups excluding tert-OH is 2. The van der Waals surface area contributed by atoms with E-state index in [1.807, 2.05) is 6.08 Å². The highest BCUT2D eigenvalue weighted by Crippen LogP contribution is 2.28. The van der Waals surface area contributed by atoms with Gasteiger partial charge in [-0.05, 0) is 55.0 Å². The van der Waals surface area contributed by atoms with E-state index in [1.165, 1.54) is 7.11 Å². The Morgan fingerprint density at radius 3 is 1.93 bits per heavy atom. The molecule has 41 heavy (non-hydrogen) atoms. The van der Waals surface area contributed by atoms with Crippen molar-refractivity contribution in [3.05, 3.63) is 71.3 Å². The van der Waals surface area contributed by atoms with Crippen LogP contribution in [0.2, 0.25) is 0 Å². The van der Waals surface area contributed by atoms with Gasteiger partial charge >= 0.3 is 11.9 Å². The van der Waals surface area contributed by atoms with Crippen LogP contribution in [0, 0.1) is 0 Å². The minimum Gasteiger partial charge on any atom is -0.497 e. The van der Waals surface area contributed by atoms with Gasteiger partial charge in [0, 0.05) is 38.5 Å². The van der Waals surface area contributed by atoms with E-state index in [9.17, 15) is 24.6 Å². The predicted octanol–water partition coefficient (Wildman–Crippen LogP) is 3.77. The molecule has 0 bridgehead atoms. The first-order chi connectivity index (χ1) is 19.7. The molecule has 2 aliphatic rings. The van der Waals surface area contributed by atoms with E-state index in [0.717, 1.165) is 5.57 Å². The molecule has 2 aromatic rings. The third kappa shape index (κ3) is 8.88. The van der Waals surface area contributed by atoms with Gasteiger partial charge in [-0.1, -0.05) is 11.6 Å². The van der Waals surface area contributed by atoms with Crippen molar-refractivity contribution in [2.24, 2.45) is 0 Å². The highest BCUT2D eigenvalue weighted by atomic mass is 16.6. The summed E-state index contributed by atoms with van der Waals surface area (Å²) in [6.07, 6.45) is -0.385. The number of carbonyl (C=O) groups excluding carboxylic acids is 3. The average Bonchev–Trinajstić information content (AvgIpc) is 3.12. The number of esters is 2. The summed E-state index contributed by atoms with van der Waals surface area (Å²) in [5, 5.41) is 20.7. The normalized spacial score (nSPS) is 24.4. The Morgan fingerprint density at radius 2 is 1.37 bits per heavy atom. The van der Waals surface area contributed by atoms with Gasteiger partial charge in [-0.3, -0.25) is 4.79 Å².